The van der Waals surface area contributed by atoms with Gasteiger partial charge in [0, 0.05) is 24.3 Å². The predicted molar refractivity (Wildman–Crippen MR) is 58.1 cm³/mol. The van der Waals surface area contributed by atoms with E-state index in [-0.39, 0.29) is 25.0 Å². The Kier molecular flexibility index (Phi) is 3.43. The highest BCUT2D eigenvalue weighted by Crippen LogP contribution is 2.35. The quantitative estimate of drug-likeness (QED) is 0.612. The highest BCUT2D eigenvalue weighted by molar-refractivity contribution is 6.02. The Labute approximate surface area is 106 Å². The van der Waals surface area contributed by atoms with Crippen molar-refractivity contribution >= 4 is 11.6 Å². The summed E-state index contributed by atoms with van der Waals surface area (Å²) in [4.78, 5) is 23.1. The number of hydrogen-bond acceptors (Lipinski definition) is 2. The zero-order valence-electron chi connectivity index (χ0n) is 9.76. The number of rotatable bonds is 2. The van der Waals surface area contributed by atoms with E-state index in [0.29, 0.717) is 6.07 Å². The number of hydrogen-bond donors (Lipinski definition) is 0. The standard InChI is InChI=1S/C13H10F4O2/c14-8-2-4-10(11(6-8)13(15,16)17)12(19)7-1-3-9(18)5-7/h2,4,6-7H,1,3,5H2. The van der Waals surface area contributed by atoms with Crippen LogP contribution in [0.5, 0.6) is 0 Å². The minimum atomic E-state index is -4.80. The molecule has 0 spiro atoms. The second-order valence-electron chi connectivity index (χ2n) is 4.53. The summed E-state index contributed by atoms with van der Waals surface area (Å²) in [5.74, 6) is -2.64. The summed E-state index contributed by atoms with van der Waals surface area (Å²) in [5.41, 5.74) is -1.84. The molecule has 1 aliphatic carbocycles. The van der Waals surface area contributed by atoms with Crippen LogP contribution >= 0.6 is 0 Å². The lowest BCUT2D eigenvalue weighted by atomic mass is 9.92. The number of carbonyl (C=O) groups is 2. The molecule has 0 N–H and O–H groups in total. The summed E-state index contributed by atoms with van der Waals surface area (Å²) in [6, 6.07) is 1.96. The van der Waals surface area contributed by atoms with Crippen molar-refractivity contribution in [3.05, 3.63) is 35.1 Å². The van der Waals surface area contributed by atoms with Gasteiger partial charge in [-0.1, -0.05) is 0 Å². The number of alkyl halides is 3. The topological polar surface area (TPSA) is 34.1 Å². The number of ketones is 2. The average molecular weight is 274 g/mol. The molecule has 0 saturated heterocycles. The predicted octanol–water partition coefficient (Wildman–Crippen LogP) is 3.40. The molecule has 1 fully saturated rings. The largest absolute Gasteiger partial charge is 0.417 e. The zero-order valence-corrected chi connectivity index (χ0v) is 9.76. The molecule has 6 heteroatoms. The molecule has 2 nitrogen and oxygen atoms in total. The Morgan fingerprint density at radius 3 is 2.47 bits per heavy atom. The highest BCUT2D eigenvalue weighted by atomic mass is 19.4. The Morgan fingerprint density at radius 1 is 1.26 bits per heavy atom. The van der Waals surface area contributed by atoms with Gasteiger partial charge >= 0.3 is 6.18 Å². The lowest BCUT2D eigenvalue weighted by molar-refractivity contribution is -0.138. The van der Waals surface area contributed by atoms with Gasteiger partial charge in [0.2, 0.25) is 0 Å². The van der Waals surface area contributed by atoms with Crippen LogP contribution in [0.1, 0.15) is 35.2 Å². The molecule has 0 amide bonds. The monoisotopic (exact) mass is 274 g/mol. The number of Topliss-reactive ketones (excluding diaryl/α,β-unsaturated/α-hetero) is 2. The van der Waals surface area contributed by atoms with E-state index < -0.39 is 34.8 Å². The van der Waals surface area contributed by atoms with E-state index in [9.17, 15) is 27.2 Å². The van der Waals surface area contributed by atoms with Crippen LogP contribution in [-0.2, 0) is 11.0 Å². The van der Waals surface area contributed by atoms with Crippen molar-refractivity contribution in [1.29, 1.82) is 0 Å². The molecule has 0 radical (unpaired) electrons. The summed E-state index contributed by atoms with van der Waals surface area (Å²) in [6.45, 7) is 0. The van der Waals surface area contributed by atoms with Crippen molar-refractivity contribution in [2.45, 2.75) is 25.4 Å². The van der Waals surface area contributed by atoms with Gasteiger partial charge in [-0.3, -0.25) is 9.59 Å². The first kappa shape index (κ1) is 13.7. The molecule has 19 heavy (non-hydrogen) atoms. The summed E-state index contributed by atoms with van der Waals surface area (Å²) in [7, 11) is 0. The van der Waals surface area contributed by atoms with Gasteiger partial charge in [-0.05, 0) is 24.6 Å². The average Bonchev–Trinajstić information content (AvgIpc) is 2.74. The van der Waals surface area contributed by atoms with Crippen molar-refractivity contribution in [2.75, 3.05) is 0 Å². The maximum atomic E-state index is 12.9. The van der Waals surface area contributed by atoms with Gasteiger partial charge in [0.05, 0.1) is 5.56 Å². The molecule has 0 aliphatic heterocycles. The van der Waals surface area contributed by atoms with E-state index in [0.717, 1.165) is 12.1 Å². The Morgan fingerprint density at radius 2 is 1.95 bits per heavy atom. The van der Waals surface area contributed by atoms with Gasteiger partial charge in [0.25, 0.3) is 0 Å². The van der Waals surface area contributed by atoms with Crippen LogP contribution in [0.2, 0.25) is 0 Å². The number of benzene rings is 1. The first-order valence-electron chi connectivity index (χ1n) is 5.71. The summed E-state index contributed by atoms with van der Waals surface area (Å²) in [6.07, 6.45) is -4.37. The normalized spacial score (nSPS) is 19.8. The van der Waals surface area contributed by atoms with Crippen LogP contribution in [0.15, 0.2) is 18.2 Å². The molecule has 0 aromatic heterocycles. The van der Waals surface area contributed by atoms with Crippen molar-refractivity contribution in [1.82, 2.24) is 0 Å². The van der Waals surface area contributed by atoms with E-state index in [2.05, 4.69) is 0 Å². The molecular formula is C13H10F4O2. The molecule has 0 bridgehead atoms. The summed E-state index contributed by atoms with van der Waals surface area (Å²) >= 11 is 0. The first-order valence-corrected chi connectivity index (χ1v) is 5.71. The van der Waals surface area contributed by atoms with Gasteiger partial charge in [-0.15, -0.1) is 0 Å². The van der Waals surface area contributed by atoms with Crippen LogP contribution < -0.4 is 0 Å². The Hall–Kier alpha value is -1.72. The fourth-order valence-corrected chi connectivity index (χ4v) is 2.22. The first-order chi connectivity index (χ1) is 8.79. The van der Waals surface area contributed by atoms with Crippen LogP contribution in [0.3, 0.4) is 0 Å². The molecule has 2 rings (SSSR count). The third-order valence-corrected chi connectivity index (χ3v) is 3.17. The van der Waals surface area contributed by atoms with Gasteiger partial charge < -0.3 is 0 Å². The lowest BCUT2D eigenvalue weighted by Crippen LogP contribution is -2.18. The maximum Gasteiger partial charge on any atom is 0.417 e. The van der Waals surface area contributed by atoms with Crippen LogP contribution in [0, 0.1) is 11.7 Å². The molecule has 1 saturated carbocycles. The summed E-state index contributed by atoms with van der Waals surface area (Å²) < 4.78 is 51.2. The van der Waals surface area contributed by atoms with Crippen LogP contribution in [0.4, 0.5) is 17.6 Å². The van der Waals surface area contributed by atoms with Gasteiger partial charge in [-0.25, -0.2) is 4.39 Å². The van der Waals surface area contributed by atoms with E-state index >= 15 is 0 Å². The van der Waals surface area contributed by atoms with Crippen molar-refractivity contribution < 1.29 is 27.2 Å². The minimum Gasteiger partial charge on any atom is -0.300 e. The molecule has 1 aromatic carbocycles. The lowest BCUT2D eigenvalue weighted by Gasteiger charge is -2.14. The molecule has 1 atom stereocenters. The maximum absolute atomic E-state index is 12.9. The van der Waals surface area contributed by atoms with E-state index in [1.54, 1.807) is 0 Å². The van der Waals surface area contributed by atoms with Gasteiger partial charge in [0.1, 0.15) is 11.6 Å². The molecule has 1 aromatic rings. The highest BCUT2D eigenvalue weighted by Gasteiger charge is 2.38. The second-order valence-corrected chi connectivity index (χ2v) is 4.53. The van der Waals surface area contributed by atoms with E-state index in [1.165, 1.54) is 0 Å². The second kappa shape index (κ2) is 4.75. The van der Waals surface area contributed by atoms with E-state index in [4.69, 9.17) is 0 Å². The molecular weight excluding hydrogens is 264 g/mol. The van der Waals surface area contributed by atoms with Crippen molar-refractivity contribution in [3.8, 4) is 0 Å². The van der Waals surface area contributed by atoms with Crippen molar-refractivity contribution in [3.63, 3.8) is 0 Å². The van der Waals surface area contributed by atoms with Crippen molar-refractivity contribution in [2.24, 2.45) is 5.92 Å². The molecule has 1 unspecified atom stereocenters. The number of halogens is 4. The molecule has 1 aliphatic rings. The Bertz CT molecular complexity index is 534. The fourth-order valence-electron chi connectivity index (χ4n) is 2.22. The third-order valence-electron chi connectivity index (χ3n) is 3.17. The minimum absolute atomic E-state index is 0.0342. The SMILES string of the molecule is O=C1CCC(C(=O)c2ccc(F)cc2C(F)(F)F)C1. The van der Waals surface area contributed by atoms with Crippen LogP contribution in [0.25, 0.3) is 0 Å². The van der Waals surface area contributed by atoms with Crippen LogP contribution in [-0.4, -0.2) is 11.6 Å². The fraction of sp³-hybridized carbons (Fsp3) is 0.385. The molecule has 0 heterocycles. The summed E-state index contributed by atoms with van der Waals surface area (Å²) in [5, 5.41) is 0. The third kappa shape index (κ3) is 2.83. The molecule has 102 valence electrons. The van der Waals surface area contributed by atoms with Gasteiger partial charge in [-0.2, -0.15) is 13.2 Å². The van der Waals surface area contributed by atoms with E-state index in [1.807, 2.05) is 0 Å². The zero-order chi connectivity index (χ0) is 14.2. The van der Waals surface area contributed by atoms with Gasteiger partial charge in [0.15, 0.2) is 5.78 Å². The Balaban J connectivity index is 2.39. The smallest absolute Gasteiger partial charge is 0.300 e. The number of carbonyl (C=O) groups excluding carboxylic acids is 2.